The molecule has 0 aromatic heterocycles. The average Bonchev–Trinajstić information content (AvgIpc) is 3.23. The van der Waals surface area contributed by atoms with Gasteiger partial charge in [0.15, 0.2) is 18.1 Å². The van der Waals surface area contributed by atoms with Crippen LogP contribution in [0.2, 0.25) is 0 Å². The third-order valence-corrected chi connectivity index (χ3v) is 5.56. The van der Waals surface area contributed by atoms with E-state index in [2.05, 4.69) is 41.2 Å². The second kappa shape index (κ2) is 9.17. The number of benzene rings is 2. The summed E-state index contributed by atoms with van der Waals surface area (Å²) in [6.07, 6.45) is 0. The van der Waals surface area contributed by atoms with E-state index in [1.165, 1.54) is 11.1 Å². The Labute approximate surface area is 176 Å². The summed E-state index contributed by atoms with van der Waals surface area (Å²) < 4.78 is 10.7. The number of amides is 1. The first-order chi connectivity index (χ1) is 14.6. The first-order valence-electron chi connectivity index (χ1n) is 10.2. The zero-order valence-corrected chi connectivity index (χ0v) is 17.5. The zero-order chi connectivity index (χ0) is 20.9. The van der Waals surface area contributed by atoms with E-state index in [0.29, 0.717) is 24.6 Å². The monoisotopic (exact) mass is 409 g/mol. The Morgan fingerprint density at radius 2 is 1.83 bits per heavy atom. The van der Waals surface area contributed by atoms with Crippen molar-refractivity contribution in [1.82, 2.24) is 9.80 Å². The van der Waals surface area contributed by atoms with E-state index in [4.69, 9.17) is 14.3 Å². The molecule has 0 radical (unpaired) electrons. The fourth-order valence-electron chi connectivity index (χ4n) is 3.63. The molecule has 0 N–H and O–H groups in total. The van der Waals surface area contributed by atoms with Crippen molar-refractivity contribution in [2.75, 3.05) is 39.6 Å². The van der Waals surface area contributed by atoms with Crippen LogP contribution in [0.5, 0.6) is 11.5 Å². The standard InChI is InChI=1S/C23H27N3O4/c1-17-5-3-4-6-20(17)14-25-9-11-26(12-10-25)23(27)15-30-24-18(2)19-7-8-21-22(13-19)29-16-28-21/h3-8,13H,9-12,14-16H2,1-2H3/b24-18-. The minimum absolute atomic E-state index is 0.0345. The van der Waals surface area contributed by atoms with E-state index in [0.717, 1.165) is 30.9 Å². The van der Waals surface area contributed by atoms with Crippen LogP contribution in [0.15, 0.2) is 47.6 Å². The summed E-state index contributed by atoms with van der Waals surface area (Å²) in [6, 6.07) is 14.0. The average molecular weight is 409 g/mol. The topological polar surface area (TPSA) is 63.6 Å². The zero-order valence-electron chi connectivity index (χ0n) is 17.5. The first-order valence-corrected chi connectivity index (χ1v) is 10.2. The van der Waals surface area contributed by atoms with Gasteiger partial charge in [0.2, 0.25) is 6.79 Å². The van der Waals surface area contributed by atoms with Crippen LogP contribution in [0.3, 0.4) is 0 Å². The largest absolute Gasteiger partial charge is 0.454 e. The van der Waals surface area contributed by atoms with Gasteiger partial charge in [-0.3, -0.25) is 9.69 Å². The van der Waals surface area contributed by atoms with Gasteiger partial charge >= 0.3 is 0 Å². The van der Waals surface area contributed by atoms with Crippen LogP contribution in [-0.2, 0) is 16.2 Å². The molecule has 0 bridgehead atoms. The van der Waals surface area contributed by atoms with Gasteiger partial charge in [-0.05, 0) is 43.2 Å². The van der Waals surface area contributed by atoms with Crippen LogP contribution in [0.4, 0.5) is 0 Å². The van der Waals surface area contributed by atoms with Gasteiger partial charge in [-0.2, -0.15) is 0 Å². The molecule has 0 aliphatic carbocycles. The Balaban J connectivity index is 1.23. The fourth-order valence-corrected chi connectivity index (χ4v) is 3.63. The lowest BCUT2D eigenvalue weighted by Gasteiger charge is -2.34. The van der Waals surface area contributed by atoms with Gasteiger partial charge in [-0.25, -0.2) is 0 Å². The van der Waals surface area contributed by atoms with Crippen molar-refractivity contribution in [3.63, 3.8) is 0 Å². The highest BCUT2D eigenvalue weighted by molar-refractivity contribution is 5.99. The van der Waals surface area contributed by atoms with Crippen LogP contribution in [0.1, 0.15) is 23.6 Å². The van der Waals surface area contributed by atoms with Crippen molar-refractivity contribution in [2.45, 2.75) is 20.4 Å². The van der Waals surface area contributed by atoms with E-state index in [1.54, 1.807) is 0 Å². The summed E-state index contributed by atoms with van der Waals surface area (Å²) >= 11 is 0. The summed E-state index contributed by atoms with van der Waals surface area (Å²) in [5, 5.41) is 4.10. The Kier molecular flexibility index (Phi) is 6.18. The molecule has 7 heteroatoms. The van der Waals surface area contributed by atoms with E-state index >= 15 is 0 Å². The normalized spacial score (nSPS) is 16.6. The summed E-state index contributed by atoms with van der Waals surface area (Å²) in [5.41, 5.74) is 4.20. The third-order valence-electron chi connectivity index (χ3n) is 5.56. The number of hydrogen-bond donors (Lipinski definition) is 0. The van der Waals surface area contributed by atoms with Gasteiger partial charge in [-0.1, -0.05) is 29.4 Å². The SMILES string of the molecule is C/C(=N/OCC(=O)N1CCN(Cc2ccccc2C)CC1)c1ccc2c(c1)OCO2. The highest BCUT2D eigenvalue weighted by atomic mass is 16.7. The molecular weight excluding hydrogens is 382 g/mol. The van der Waals surface area contributed by atoms with Gasteiger partial charge in [-0.15, -0.1) is 0 Å². The number of aryl methyl sites for hydroxylation is 1. The predicted octanol–water partition coefficient (Wildman–Crippen LogP) is 2.81. The maximum Gasteiger partial charge on any atom is 0.263 e. The molecule has 1 fully saturated rings. The molecule has 30 heavy (non-hydrogen) atoms. The molecule has 2 heterocycles. The number of carbonyl (C=O) groups is 1. The Morgan fingerprint density at radius 1 is 1.07 bits per heavy atom. The minimum atomic E-state index is -0.0559. The van der Waals surface area contributed by atoms with E-state index in [1.807, 2.05) is 30.0 Å². The van der Waals surface area contributed by atoms with Crippen LogP contribution in [-0.4, -0.2) is 61.0 Å². The number of fused-ring (bicyclic) bond motifs is 1. The van der Waals surface area contributed by atoms with Gasteiger partial charge in [0.25, 0.3) is 5.91 Å². The van der Waals surface area contributed by atoms with Gasteiger partial charge in [0.05, 0.1) is 5.71 Å². The van der Waals surface area contributed by atoms with Crippen LogP contribution < -0.4 is 9.47 Å². The maximum atomic E-state index is 12.5. The molecule has 1 amide bonds. The molecule has 158 valence electrons. The minimum Gasteiger partial charge on any atom is -0.454 e. The molecular formula is C23H27N3O4. The lowest BCUT2D eigenvalue weighted by atomic mass is 10.1. The van der Waals surface area contributed by atoms with Crippen LogP contribution in [0, 0.1) is 6.92 Å². The highest BCUT2D eigenvalue weighted by Gasteiger charge is 2.22. The molecule has 2 aliphatic heterocycles. The van der Waals surface area contributed by atoms with Gasteiger partial charge in [0.1, 0.15) is 0 Å². The molecule has 7 nitrogen and oxygen atoms in total. The second-order valence-electron chi connectivity index (χ2n) is 7.60. The number of ether oxygens (including phenoxy) is 2. The highest BCUT2D eigenvalue weighted by Crippen LogP contribution is 2.32. The number of piperazine rings is 1. The molecule has 0 unspecified atom stereocenters. The molecule has 2 aromatic rings. The van der Waals surface area contributed by atoms with E-state index in [9.17, 15) is 4.79 Å². The molecule has 1 saturated heterocycles. The lowest BCUT2D eigenvalue weighted by Crippen LogP contribution is -2.49. The van der Waals surface area contributed by atoms with Crippen LogP contribution >= 0.6 is 0 Å². The smallest absolute Gasteiger partial charge is 0.263 e. The van der Waals surface area contributed by atoms with Crippen molar-refractivity contribution in [1.29, 1.82) is 0 Å². The van der Waals surface area contributed by atoms with Crippen molar-refractivity contribution >= 4 is 11.6 Å². The van der Waals surface area contributed by atoms with Crippen molar-refractivity contribution in [3.05, 3.63) is 59.2 Å². The third kappa shape index (κ3) is 4.74. The predicted molar refractivity (Wildman–Crippen MR) is 114 cm³/mol. The molecule has 0 saturated carbocycles. The Bertz CT molecular complexity index is 936. The van der Waals surface area contributed by atoms with Gasteiger partial charge in [0, 0.05) is 38.3 Å². The van der Waals surface area contributed by atoms with Crippen molar-refractivity contribution in [2.24, 2.45) is 5.16 Å². The Hall–Kier alpha value is -3.06. The summed E-state index contributed by atoms with van der Waals surface area (Å²) in [6.45, 7) is 8.21. The van der Waals surface area contributed by atoms with Gasteiger partial charge < -0.3 is 19.2 Å². The van der Waals surface area contributed by atoms with E-state index < -0.39 is 0 Å². The second-order valence-corrected chi connectivity index (χ2v) is 7.60. The molecule has 4 rings (SSSR count). The number of rotatable bonds is 6. The van der Waals surface area contributed by atoms with Crippen molar-refractivity contribution < 1.29 is 19.1 Å². The van der Waals surface area contributed by atoms with Crippen LogP contribution in [0.25, 0.3) is 0 Å². The summed E-state index contributed by atoms with van der Waals surface area (Å²) in [5.74, 6) is 1.39. The quantitative estimate of drug-likeness (QED) is 0.542. The molecule has 0 spiro atoms. The summed E-state index contributed by atoms with van der Waals surface area (Å²) in [4.78, 5) is 22.0. The molecule has 0 atom stereocenters. The lowest BCUT2D eigenvalue weighted by molar-refractivity contribution is -0.137. The molecule has 2 aromatic carbocycles. The number of nitrogens with zero attached hydrogens (tertiary/aromatic N) is 3. The maximum absolute atomic E-state index is 12.5. The van der Waals surface area contributed by atoms with E-state index in [-0.39, 0.29) is 19.3 Å². The first kappa shape index (κ1) is 20.2. The Morgan fingerprint density at radius 3 is 2.63 bits per heavy atom. The molecule has 2 aliphatic rings. The number of oxime groups is 1. The number of hydrogen-bond acceptors (Lipinski definition) is 6. The fraction of sp³-hybridized carbons (Fsp3) is 0.391. The number of carbonyl (C=O) groups excluding carboxylic acids is 1. The summed E-state index contributed by atoms with van der Waals surface area (Å²) in [7, 11) is 0. The van der Waals surface area contributed by atoms with Crippen molar-refractivity contribution in [3.8, 4) is 11.5 Å².